The minimum absolute atomic E-state index is 0.148. The van der Waals surface area contributed by atoms with Crippen molar-refractivity contribution < 1.29 is 0 Å². The van der Waals surface area contributed by atoms with Gasteiger partial charge in [-0.3, -0.25) is 0 Å². The van der Waals surface area contributed by atoms with Crippen LogP contribution in [0.15, 0.2) is 30.7 Å². The molecule has 1 saturated heterocycles. The number of piperidine rings is 1. The Morgan fingerprint density at radius 2 is 2.16 bits per heavy atom. The van der Waals surface area contributed by atoms with E-state index < -0.39 is 0 Å². The van der Waals surface area contributed by atoms with E-state index in [1.54, 1.807) is 16.8 Å². The zero-order valence-corrected chi connectivity index (χ0v) is 13.6. The van der Waals surface area contributed by atoms with Gasteiger partial charge in [-0.15, -0.1) is 0 Å². The molecule has 3 aromatic heterocycles. The molecule has 1 fully saturated rings. The largest absolute Gasteiger partial charge is 0.382 e. The molecule has 1 atom stereocenters. The quantitative estimate of drug-likeness (QED) is 0.721. The van der Waals surface area contributed by atoms with Gasteiger partial charge in [0.25, 0.3) is 0 Å². The fourth-order valence-electron chi connectivity index (χ4n) is 3.34. The maximum atomic E-state index is 8.93. The highest BCUT2D eigenvalue weighted by atomic mass is 15.3. The van der Waals surface area contributed by atoms with Crippen LogP contribution >= 0.6 is 0 Å². The topological polar surface area (TPSA) is 122 Å². The van der Waals surface area contributed by atoms with Crippen LogP contribution in [0.2, 0.25) is 0 Å². The number of nitrogens with two attached hydrogens (primary N) is 2. The molecule has 1 unspecified atom stereocenters. The molecule has 8 nitrogen and oxygen atoms in total. The maximum Gasteiger partial charge on any atom is 0.153 e. The van der Waals surface area contributed by atoms with Gasteiger partial charge in [0.05, 0.1) is 11.4 Å². The number of nitrogens with zero attached hydrogens (tertiary/aromatic N) is 6. The summed E-state index contributed by atoms with van der Waals surface area (Å²) in [7, 11) is 0. The van der Waals surface area contributed by atoms with Gasteiger partial charge >= 0.3 is 0 Å². The summed E-state index contributed by atoms with van der Waals surface area (Å²) < 4.78 is 1.78. The standard InChI is InChI=1S/C17H18N8/c18-7-13-4-3-11(8-21-13)14-6-15(24-5-1-2-12(19)9-24)16-17(20)22-10-23-25(14)16/h3-4,6,8,10,12H,1-2,5,9,19H2,(H2,20,22,23). The van der Waals surface area contributed by atoms with Gasteiger partial charge in [0.1, 0.15) is 23.6 Å². The first-order chi connectivity index (χ1) is 12.2. The van der Waals surface area contributed by atoms with Gasteiger partial charge in [-0.2, -0.15) is 10.4 Å². The zero-order valence-electron chi connectivity index (χ0n) is 13.6. The normalized spacial score (nSPS) is 17.6. The smallest absolute Gasteiger partial charge is 0.153 e. The van der Waals surface area contributed by atoms with Crippen molar-refractivity contribution in [1.82, 2.24) is 19.6 Å². The Morgan fingerprint density at radius 1 is 1.28 bits per heavy atom. The summed E-state index contributed by atoms with van der Waals surface area (Å²) in [5.41, 5.74) is 16.1. The molecule has 4 rings (SSSR count). The third kappa shape index (κ3) is 2.64. The molecular formula is C17H18N8. The Kier molecular flexibility index (Phi) is 3.71. The molecule has 0 spiro atoms. The molecule has 1 aliphatic rings. The highest BCUT2D eigenvalue weighted by Gasteiger charge is 2.23. The Hall–Kier alpha value is -3.18. The van der Waals surface area contributed by atoms with Crippen LogP contribution in [0.4, 0.5) is 11.5 Å². The zero-order chi connectivity index (χ0) is 17.4. The fraction of sp³-hybridized carbons (Fsp3) is 0.294. The van der Waals surface area contributed by atoms with Gasteiger partial charge in [-0.1, -0.05) is 0 Å². The van der Waals surface area contributed by atoms with Crippen LogP contribution in [0.5, 0.6) is 0 Å². The van der Waals surface area contributed by atoms with Crippen LogP contribution in [-0.4, -0.2) is 38.7 Å². The summed E-state index contributed by atoms with van der Waals surface area (Å²) in [6, 6.07) is 7.77. The highest BCUT2D eigenvalue weighted by molar-refractivity contribution is 5.88. The first-order valence-corrected chi connectivity index (χ1v) is 8.16. The van der Waals surface area contributed by atoms with E-state index in [4.69, 9.17) is 16.7 Å². The van der Waals surface area contributed by atoms with E-state index in [2.05, 4.69) is 20.0 Å². The van der Waals surface area contributed by atoms with E-state index in [0.29, 0.717) is 11.5 Å². The minimum Gasteiger partial charge on any atom is -0.382 e. The van der Waals surface area contributed by atoms with Gasteiger partial charge in [0.15, 0.2) is 5.82 Å². The van der Waals surface area contributed by atoms with Crippen molar-refractivity contribution in [2.45, 2.75) is 18.9 Å². The van der Waals surface area contributed by atoms with E-state index in [1.165, 1.54) is 6.33 Å². The molecule has 3 aromatic rings. The van der Waals surface area contributed by atoms with Crippen molar-refractivity contribution in [3.63, 3.8) is 0 Å². The molecule has 0 saturated carbocycles. The van der Waals surface area contributed by atoms with Gasteiger partial charge in [-0.05, 0) is 31.0 Å². The molecule has 8 heteroatoms. The Labute approximate surface area is 144 Å². The number of hydrogen-bond acceptors (Lipinski definition) is 7. The highest BCUT2D eigenvalue weighted by Crippen LogP contribution is 2.34. The first kappa shape index (κ1) is 15.4. The van der Waals surface area contributed by atoms with Crippen LogP contribution in [0.25, 0.3) is 16.8 Å². The first-order valence-electron chi connectivity index (χ1n) is 8.16. The lowest BCUT2D eigenvalue weighted by Gasteiger charge is -2.32. The predicted octanol–water partition coefficient (Wildman–Crippen LogP) is 1.17. The van der Waals surface area contributed by atoms with Gasteiger partial charge < -0.3 is 16.4 Å². The Balaban J connectivity index is 1.88. The lowest BCUT2D eigenvalue weighted by atomic mass is 10.1. The molecule has 0 aliphatic carbocycles. The van der Waals surface area contributed by atoms with Crippen LogP contribution in [-0.2, 0) is 0 Å². The number of rotatable bonds is 2. The average Bonchev–Trinajstić information content (AvgIpc) is 3.03. The lowest BCUT2D eigenvalue weighted by molar-refractivity contribution is 0.507. The van der Waals surface area contributed by atoms with Gasteiger partial charge in [-0.25, -0.2) is 14.5 Å². The van der Waals surface area contributed by atoms with Crippen molar-refractivity contribution in [1.29, 1.82) is 5.26 Å². The third-order valence-corrected chi connectivity index (χ3v) is 4.53. The van der Waals surface area contributed by atoms with E-state index in [-0.39, 0.29) is 6.04 Å². The molecule has 0 radical (unpaired) electrons. The molecule has 4 N–H and O–H groups in total. The number of anilines is 2. The van der Waals surface area contributed by atoms with E-state index in [0.717, 1.165) is 48.4 Å². The molecule has 1 aliphatic heterocycles. The summed E-state index contributed by atoms with van der Waals surface area (Å²) in [6.45, 7) is 1.70. The SMILES string of the molecule is N#Cc1ccc(-c2cc(N3CCCC(N)C3)c3c(N)ncnn23)cn1. The molecule has 25 heavy (non-hydrogen) atoms. The summed E-state index contributed by atoms with van der Waals surface area (Å²) in [5, 5.41) is 13.3. The molecule has 0 bridgehead atoms. The second-order valence-electron chi connectivity index (χ2n) is 6.21. The predicted molar refractivity (Wildman–Crippen MR) is 94.8 cm³/mol. The van der Waals surface area contributed by atoms with Crippen molar-refractivity contribution in [2.24, 2.45) is 5.73 Å². The number of nitrogen functional groups attached to an aromatic ring is 1. The minimum atomic E-state index is 0.148. The molecule has 0 amide bonds. The van der Waals surface area contributed by atoms with Gasteiger partial charge in [0.2, 0.25) is 0 Å². The third-order valence-electron chi connectivity index (χ3n) is 4.53. The summed E-state index contributed by atoms with van der Waals surface area (Å²) in [4.78, 5) is 10.5. The molecular weight excluding hydrogens is 316 g/mol. The number of pyridine rings is 1. The average molecular weight is 334 g/mol. The van der Waals surface area contributed by atoms with E-state index in [1.807, 2.05) is 18.2 Å². The van der Waals surface area contributed by atoms with Crippen molar-refractivity contribution in [3.05, 3.63) is 36.4 Å². The Bertz CT molecular complexity index is 953. The monoisotopic (exact) mass is 334 g/mol. The molecule has 126 valence electrons. The summed E-state index contributed by atoms with van der Waals surface area (Å²) in [6.07, 6.45) is 5.18. The number of aromatic nitrogens is 4. The summed E-state index contributed by atoms with van der Waals surface area (Å²) in [5.74, 6) is 0.428. The molecule has 4 heterocycles. The number of nitriles is 1. The maximum absolute atomic E-state index is 8.93. The fourth-order valence-corrected chi connectivity index (χ4v) is 3.34. The lowest BCUT2D eigenvalue weighted by Crippen LogP contribution is -2.42. The van der Waals surface area contributed by atoms with Crippen LogP contribution in [0, 0.1) is 11.3 Å². The van der Waals surface area contributed by atoms with Crippen LogP contribution < -0.4 is 16.4 Å². The van der Waals surface area contributed by atoms with Crippen molar-refractivity contribution >= 4 is 17.0 Å². The van der Waals surface area contributed by atoms with Gasteiger partial charge in [0, 0.05) is 30.9 Å². The second kappa shape index (κ2) is 6.03. The summed E-state index contributed by atoms with van der Waals surface area (Å²) >= 11 is 0. The number of fused-ring (bicyclic) bond motifs is 1. The molecule has 0 aromatic carbocycles. The van der Waals surface area contributed by atoms with Crippen molar-refractivity contribution in [2.75, 3.05) is 23.7 Å². The van der Waals surface area contributed by atoms with E-state index >= 15 is 0 Å². The Morgan fingerprint density at radius 3 is 2.88 bits per heavy atom. The van der Waals surface area contributed by atoms with Crippen LogP contribution in [0.1, 0.15) is 18.5 Å². The number of hydrogen-bond donors (Lipinski definition) is 2. The van der Waals surface area contributed by atoms with E-state index in [9.17, 15) is 0 Å². The van der Waals surface area contributed by atoms with Crippen molar-refractivity contribution in [3.8, 4) is 17.3 Å². The van der Waals surface area contributed by atoms with Crippen LogP contribution in [0.3, 0.4) is 0 Å². The second-order valence-corrected chi connectivity index (χ2v) is 6.21.